The zero-order chi connectivity index (χ0) is 43.6. The van der Waals surface area contributed by atoms with E-state index in [9.17, 15) is 29.1 Å². The number of aryl methyl sites for hydroxylation is 2. The van der Waals surface area contributed by atoms with Gasteiger partial charge in [0, 0.05) is 36.3 Å². The number of fused-ring (bicyclic) bond motifs is 7. The Morgan fingerprint density at radius 3 is 2.19 bits per heavy atom. The highest BCUT2D eigenvalue weighted by Gasteiger charge is 2.66. The molecule has 10 heteroatoms. The summed E-state index contributed by atoms with van der Waals surface area (Å²) in [4.78, 5) is 63.0. The van der Waals surface area contributed by atoms with Crippen molar-refractivity contribution in [2.24, 2.45) is 74.9 Å². The van der Waals surface area contributed by atoms with E-state index in [0.717, 1.165) is 61.1 Å². The Balaban J connectivity index is 0.000000654. The van der Waals surface area contributed by atoms with Crippen molar-refractivity contribution in [2.75, 3.05) is 6.54 Å². The summed E-state index contributed by atoms with van der Waals surface area (Å²) < 4.78 is 4.84. The smallest absolute Gasteiger partial charge is 0.306 e. The number of rotatable bonds is 11. The largest absolute Gasteiger partial charge is 0.481 e. The molecule has 5 fully saturated rings. The summed E-state index contributed by atoms with van der Waals surface area (Å²) in [6, 6.07) is 0. The van der Waals surface area contributed by atoms with Gasteiger partial charge in [-0.1, -0.05) is 59.2 Å². The lowest BCUT2D eigenvalue weighted by atomic mass is 9.35. The lowest BCUT2D eigenvalue weighted by Gasteiger charge is -2.69. The molecule has 10 nitrogen and oxygen atoms in total. The molecule has 328 valence electrons. The van der Waals surface area contributed by atoms with Gasteiger partial charge >= 0.3 is 5.97 Å². The average Bonchev–Trinajstić information content (AvgIpc) is 3.61. The van der Waals surface area contributed by atoms with E-state index in [4.69, 9.17) is 4.52 Å². The molecule has 0 aliphatic heterocycles. The molecule has 0 saturated heterocycles. The predicted octanol–water partition coefficient (Wildman–Crippen LogP) is 9.14. The number of nitrogens with zero attached hydrogens (tertiary/aromatic N) is 1. The van der Waals surface area contributed by atoms with Crippen LogP contribution in [-0.2, 0) is 24.0 Å². The first-order chi connectivity index (χ1) is 27.5. The van der Waals surface area contributed by atoms with Gasteiger partial charge in [-0.15, -0.1) is 0 Å². The molecule has 0 bridgehead atoms. The van der Waals surface area contributed by atoms with Crippen molar-refractivity contribution < 1.29 is 33.6 Å². The van der Waals surface area contributed by atoms with Crippen LogP contribution in [-0.4, -0.2) is 52.2 Å². The van der Waals surface area contributed by atoms with Crippen molar-refractivity contribution in [2.45, 2.75) is 166 Å². The Morgan fingerprint density at radius 2 is 1.63 bits per heavy atom. The van der Waals surface area contributed by atoms with E-state index < -0.39 is 11.5 Å². The summed E-state index contributed by atoms with van der Waals surface area (Å²) in [6.07, 6.45) is 11.9. The van der Waals surface area contributed by atoms with Crippen LogP contribution in [0.1, 0.15) is 156 Å². The number of carbonyl (C=O) groups is 5. The number of Topliss-reactive ketones (excluding diaryl/α,β-unsaturated/α-hetero) is 2. The van der Waals surface area contributed by atoms with Crippen LogP contribution in [0, 0.1) is 95.7 Å². The maximum atomic E-state index is 13.9. The molecule has 0 spiro atoms. The van der Waals surface area contributed by atoms with E-state index >= 15 is 0 Å². The van der Waals surface area contributed by atoms with E-state index in [1.165, 1.54) is 24.8 Å². The standard InChI is InChI=1S/C43H66N2O6.C6H9NO/c1-24(2)35-32(48)22-43(18-19-44-38(51)40(6,7)45-23-46)17-13-30-27(36(35)43)10-11-34-41(30,8)16-14-33-39(4,5)26(12-15-42(33,34)9)20-31(47)28-21-29(25(28)3)37(49)50;1-4-5(2)7-8-6(4)3/h23-30,33-34H,10-22H2,1-9H3,(H,44,51)(H,45,46)(H,49,50);1-3H3. The van der Waals surface area contributed by atoms with Gasteiger partial charge in [0.05, 0.1) is 11.6 Å². The molecule has 5 saturated carbocycles. The molecule has 7 rings (SSSR count). The quantitative estimate of drug-likeness (QED) is 0.187. The molecule has 1 aromatic heterocycles. The van der Waals surface area contributed by atoms with Crippen LogP contribution < -0.4 is 10.6 Å². The Kier molecular flexibility index (Phi) is 12.4. The highest BCUT2D eigenvalue weighted by atomic mass is 16.5. The number of nitrogens with one attached hydrogen (secondary N) is 2. The van der Waals surface area contributed by atoms with Crippen LogP contribution in [0.25, 0.3) is 0 Å². The summed E-state index contributed by atoms with van der Waals surface area (Å²) in [7, 11) is 0. The van der Waals surface area contributed by atoms with Crippen molar-refractivity contribution in [3.05, 3.63) is 28.2 Å². The summed E-state index contributed by atoms with van der Waals surface area (Å²) in [6.45, 7) is 26.1. The minimum absolute atomic E-state index is 0.0349. The van der Waals surface area contributed by atoms with E-state index in [1.807, 2.05) is 27.7 Å². The molecule has 6 aliphatic rings. The normalized spacial score (nSPS) is 37.1. The van der Waals surface area contributed by atoms with Crippen molar-refractivity contribution in [1.82, 2.24) is 15.8 Å². The van der Waals surface area contributed by atoms with Gasteiger partial charge in [-0.2, -0.15) is 0 Å². The SMILES string of the molecule is CC(C)C1=C2C3CCC4C(C)(CCC5C(C)(C)C(CC(=O)C6CC(C(=O)O)C6C)CCC54C)C3CCC2(CCNC(=O)C(C)(C)NC=O)CC1=O.Cc1noc(C)c1C. The molecule has 11 atom stereocenters. The second-order valence-electron chi connectivity index (χ2n) is 22.1. The first kappa shape index (κ1) is 45.2. The minimum Gasteiger partial charge on any atom is -0.481 e. The van der Waals surface area contributed by atoms with Gasteiger partial charge in [0.15, 0.2) is 5.78 Å². The highest BCUT2D eigenvalue weighted by Crippen LogP contribution is 2.74. The number of carboxylic acids is 1. The third-order valence-electron chi connectivity index (χ3n) is 18.2. The van der Waals surface area contributed by atoms with Gasteiger partial charge in [-0.25, -0.2) is 0 Å². The second kappa shape index (κ2) is 16.2. The zero-order valence-corrected chi connectivity index (χ0v) is 38.3. The third-order valence-corrected chi connectivity index (χ3v) is 18.2. The number of carboxylic acid groups (broad SMARTS) is 1. The maximum absolute atomic E-state index is 13.9. The van der Waals surface area contributed by atoms with Crippen LogP contribution in [0.3, 0.4) is 0 Å². The molecule has 2 amide bonds. The molecule has 3 N–H and O–H groups in total. The number of aliphatic carboxylic acids is 1. The highest BCUT2D eigenvalue weighted by molar-refractivity contribution is 6.00. The molecule has 0 radical (unpaired) electrons. The van der Waals surface area contributed by atoms with Crippen LogP contribution in [0.2, 0.25) is 0 Å². The number of ketones is 2. The first-order valence-corrected chi connectivity index (χ1v) is 22.9. The molecule has 59 heavy (non-hydrogen) atoms. The Hall–Kier alpha value is -3.30. The minimum atomic E-state index is -0.990. The van der Waals surface area contributed by atoms with Crippen molar-refractivity contribution in [3.63, 3.8) is 0 Å². The summed E-state index contributed by atoms with van der Waals surface area (Å²) >= 11 is 0. The third kappa shape index (κ3) is 7.67. The topological polar surface area (TPSA) is 156 Å². The van der Waals surface area contributed by atoms with Gasteiger partial charge in [0.2, 0.25) is 12.3 Å². The van der Waals surface area contributed by atoms with Crippen molar-refractivity contribution in [3.8, 4) is 0 Å². The first-order valence-electron chi connectivity index (χ1n) is 22.9. The van der Waals surface area contributed by atoms with E-state index in [2.05, 4.69) is 57.3 Å². The van der Waals surface area contributed by atoms with Crippen LogP contribution in [0.15, 0.2) is 15.7 Å². The number of allylic oxidation sites excluding steroid dienone is 2. The molecular weight excluding hydrogens is 743 g/mol. The van der Waals surface area contributed by atoms with Crippen molar-refractivity contribution in [1.29, 1.82) is 0 Å². The van der Waals surface area contributed by atoms with E-state index in [1.54, 1.807) is 13.8 Å². The Morgan fingerprint density at radius 1 is 0.949 bits per heavy atom. The number of hydrogen-bond acceptors (Lipinski definition) is 7. The van der Waals surface area contributed by atoms with E-state index in [0.29, 0.717) is 67.6 Å². The fourth-order valence-corrected chi connectivity index (χ4v) is 14.5. The zero-order valence-electron chi connectivity index (χ0n) is 38.3. The van der Waals surface area contributed by atoms with Crippen molar-refractivity contribution >= 4 is 29.9 Å². The molecular formula is C49H75N3O7. The second-order valence-corrected chi connectivity index (χ2v) is 22.1. The summed E-state index contributed by atoms with van der Waals surface area (Å²) in [5, 5.41) is 18.9. The Labute approximate surface area is 353 Å². The van der Waals surface area contributed by atoms with Crippen LogP contribution in [0.5, 0.6) is 0 Å². The monoisotopic (exact) mass is 818 g/mol. The van der Waals surface area contributed by atoms with Gasteiger partial charge in [0.1, 0.15) is 17.1 Å². The molecule has 6 aliphatic carbocycles. The lowest BCUT2D eigenvalue weighted by Crippen LogP contribution is -2.62. The number of carbonyl (C=O) groups excluding carboxylic acids is 4. The van der Waals surface area contributed by atoms with Gasteiger partial charge in [0.25, 0.3) is 0 Å². The maximum Gasteiger partial charge on any atom is 0.306 e. The van der Waals surface area contributed by atoms with Crippen LogP contribution in [0.4, 0.5) is 0 Å². The van der Waals surface area contributed by atoms with Gasteiger partial charge < -0.3 is 20.3 Å². The number of aromatic nitrogens is 1. The Bertz CT molecular complexity index is 1840. The summed E-state index contributed by atoms with van der Waals surface area (Å²) in [5.74, 6) is 2.58. The van der Waals surface area contributed by atoms with Gasteiger partial charge in [-0.3, -0.25) is 24.0 Å². The fourth-order valence-electron chi connectivity index (χ4n) is 14.5. The average molecular weight is 818 g/mol. The molecule has 0 aromatic carbocycles. The molecule has 1 aromatic rings. The van der Waals surface area contributed by atoms with Crippen LogP contribution >= 0.6 is 0 Å². The lowest BCUT2D eigenvalue weighted by molar-refractivity contribution is -0.193. The predicted molar refractivity (Wildman–Crippen MR) is 228 cm³/mol. The molecule has 1 heterocycles. The number of amides is 2. The summed E-state index contributed by atoms with van der Waals surface area (Å²) in [5.41, 5.74) is 3.88. The number of hydrogen-bond donors (Lipinski definition) is 3. The fraction of sp³-hybridized carbons (Fsp3) is 0.796. The van der Waals surface area contributed by atoms with E-state index in [-0.39, 0.29) is 57.0 Å². The van der Waals surface area contributed by atoms with Gasteiger partial charge in [-0.05, 0) is 162 Å². The molecule has 11 unspecified atom stereocenters.